The highest BCUT2D eigenvalue weighted by Gasteiger charge is 2.08. The van der Waals surface area contributed by atoms with Crippen LogP contribution in [0.1, 0.15) is 11.7 Å². The fourth-order valence-corrected chi connectivity index (χ4v) is 1.00. The van der Waals surface area contributed by atoms with Gasteiger partial charge in [-0.15, -0.1) is 12.4 Å². The lowest BCUT2D eigenvalue weighted by molar-refractivity contribution is 0.0304. The molecule has 0 aliphatic heterocycles. The van der Waals surface area contributed by atoms with Gasteiger partial charge in [-0.2, -0.15) is 0 Å². The van der Waals surface area contributed by atoms with Crippen LogP contribution < -0.4 is 0 Å². The number of aliphatic hydroxyl groups excluding tert-OH is 1. The molecule has 1 aromatic rings. The number of hydrogen-bond acceptors (Lipinski definition) is 4. The Kier molecular flexibility index (Phi) is 7.42. The van der Waals surface area contributed by atoms with Crippen LogP contribution >= 0.6 is 12.4 Å². The molecule has 0 aromatic carbocycles. The minimum Gasteiger partial charge on any atom is -0.472 e. The quantitative estimate of drug-likeness (QED) is 0.756. The maximum atomic E-state index is 9.58. The first-order valence-electron chi connectivity index (χ1n) is 4.63. The zero-order valence-electron chi connectivity index (χ0n) is 9.05. The van der Waals surface area contributed by atoms with E-state index in [1.165, 1.54) is 6.26 Å². The maximum absolute atomic E-state index is 9.58. The second-order valence-corrected chi connectivity index (χ2v) is 3.45. The molecule has 4 nitrogen and oxygen atoms in total. The van der Waals surface area contributed by atoms with E-state index in [4.69, 9.17) is 9.15 Å². The van der Waals surface area contributed by atoms with Crippen LogP contribution in [0.3, 0.4) is 0 Å². The van der Waals surface area contributed by atoms with E-state index < -0.39 is 6.10 Å². The monoisotopic (exact) mass is 235 g/mol. The number of furan rings is 1. The van der Waals surface area contributed by atoms with Crippen molar-refractivity contribution >= 4 is 12.4 Å². The number of halogens is 1. The SMILES string of the molecule is CN(C)CCOCC(O)c1ccoc1.Cl. The van der Waals surface area contributed by atoms with Gasteiger partial charge in [-0.1, -0.05) is 0 Å². The summed E-state index contributed by atoms with van der Waals surface area (Å²) in [5.74, 6) is 0. The molecule has 1 aromatic heterocycles. The highest BCUT2D eigenvalue weighted by molar-refractivity contribution is 5.85. The average Bonchev–Trinajstić information content (AvgIpc) is 2.64. The molecule has 0 bridgehead atoms. The fourth-order valence-electron chi connectivity index (χ4n) is 1.00. The molecule has 0 aliphatic rings. The first kappa shape index (κ1) is 14.5. The molecule has 0 saturated heterocycles. The molecule has 15 heavy (non-hydrogen) atoms. The van der Waals surface area contributed by atoms with Crippen LogP contribution in [-0.4, -0.2) is 43.9 Å². The predicted molar refractivity (Wildman–Crippen MR) is 60.3 cm³/mol. The summed E-state index contributed by atoms with van der Waals surface area (Å²) in [4.78, 5) is 2.03. The minimum absolute atomic E-state index is 0. The van der Waals surface area contributed by atoms with Crippen molar-refractivity contribution < 1.29 is 14.3 Å². The highest BCUT2D eigenvalue weighted by atomic mass is 35.5. The van der Waals surface area contributed by atoms with E-state index in [-0.39, 0.29) is 12.4 Å². The van der Waals surface area contributed by atoms with Crippen molar-refractivity contribution in [3.05, 3.63) is 24.2 Å². The Bertz CT molecular complexity index is 239. The summed E-state index contributed by atoms with van der Waals surface area (Å²) in [5.41, 5.74) is 0.759. The molecule has 0 spiro atoms. The molecule has 1 unspecified atom stereocenters. The molecule has 0 fully saturated rings. The van der Waals surface area contributed by atoms with E-state index in [0.717, 1.165) is 12.1 Å². The Labute approximate surface area is 96.2 Å². The van der Waals surface area contributed by atoms with Gasteiger partial charge in [0.25, 0.3) is 0 Å². The van der Waals surface area contributed by atoms with Crippen LogP contribution in [0.25, 0.3) is 0 Å². The van der Waals surface area contributed by atoms with E-state index in [2.05, 4.69) is 0 Å². The molecule has 1 rings (SSSR count). The normalized spacial score (nSPS) is 12.5. The molecule has 0 saturated carbocycles. The smallest absolute Gasteiger partial charge is 0.105 e. The Hall–Kier alpha value is -0.550. The third-order valence-corrected chi connectivity index (χ3v) is 1.89. The van der Waals surface area contributed by atoms with E-state index >= 15 is 0 Å². The topological polar surface area (TPSA) is 45.8 Å². The number of rotatable bonds is 6. The number of ether oxygens (including phenoxy) is 1. The van der Waals surface area contributed by atoms with E-state index in [1.807, 2.05) is 19.0 Å². The molecular weight excluding hydrogens is 218 g/mol. The lowest BCUT2D eigenvalue weighted by atomic mass is 10.2. The molecule has 5 heteroatoms. The second kappa shape index (κ2) is 7.70. The van der Waals surface area contributed by atoms with Crippen LogP contribution in [0.5, 0.6) is 0 Å². The van der Waals surface area contributed by atoms with Gasteiger partial charge in [0.05, 0.1) is 25.7 Å². The van der Waals surface area contributed by atoms with Gasteiger partial charge in [0.15, 0.2) is 0 Å². The van der Waals surface area contributed by atoms with E-state index in [0.29, 0.717) is 13.2 Å². The molecule has 1 N–H and O–H groups in total. The van der Waals surface area contributed by atoms with Gasteiger partial charge in [-0.05, 0) is 20.2 Å². The van der Waals surface area contributed by atoms with Crippen molar-refractivity contribution in [3.8, 4) is 0 Å². The number of nitrogens with zero attached hydrogens (tertiary/aromatic N) is 1. The van der Waals surface area contributed by atoms with Crippen LogP contribution in [0.2, 0.25) is 0 Å². The Morgan fingerprint density at radius 2 is 2.27 bits per heavy atom. The Morgan fingerprint density at radius 1 is 1.53 bits per heavy atom. The molecule has 0 aliphatic carbocycles. The molecule has 88 valence electrons. The summed E-state index contributed by atoms with van der Waals surface area (Å²) in [6.45, 7) is 1.80. The van der Waals surface area contributed by atoms with Crippen molar-refractivity contribution in [1.29, 1.82) is 0 Å². The zero-order chi connectivity index (χ0) is 10.4. The van der Waals surface area contributed by atoms with Gasteiger partial charge in [0.1, 0.15) is 6.10 Å². The van der Waals surface area contributed by atoms with Gasteiger partial charge in [-0.3, -0.25) is 0 Å². The lowest BCUT2D eigenvalue weighted by Gasteiger charge is -2.12. The first-order valence-corrected chi connectivity index (χ1v) is 4.63. The van der Waals surface area contributed by atoms with Crippen molar-refractivity contribution in [2.75, 3.05) is 33.9 Å². The van der Waals surface area contributed by atoms with Gasteiger partial charge >= 0.3 is 0 Å². The van der Waals surface area contributed by atoms with Crippen LogP contribution in [0.4, 0.5) is 0 Å². The molecule has 0 amide bonds. The summed E-state index contributed by atoms with van der Waals surface area (Å²) in [5, 5.41) is 9.58. The van der Waals surface area contributed by atoms with Gasteiger partial charge < -0.3 is 19.2 Å². The van der Waals surface area contributed by atoms with Crippen molar-refractivity contribution in [2.24, 2.45) is 0 Å². The van der Waals surface area contributed by atoms with Crippen LogP contribution in [-0.2, 0) is 4.74 Å². The van der Waals surface area contributed by atoms with Crippen molar-refractivity contribution in [2.45, 2.75) is 6.10 Å². The second-order valence-electron chi connectivity index (χ2n) is 3.45. The Balaban J connectivity index is 0.00000196. The summed E-state index contributed by atoms with van der Waals surface area (Å²) in [6.07, 6.45) is 2.48. The summed E-state index contributed by atoms with van der Waals surface area (Å²) in [7, 11) is 3.96. The first-order chi connectivity index (χ1) is 6.70. The van der Waals surface area contributed by atoms with Gasteiger partial charge in [0.2, 0.25) is 0 Å². The molecule has 0 radical (unpaired) electrons. The Morgan fingerprint density at radius 3 is 2.80 bits per heavy atom. The summed E-state index contributed by atoms with van der Waals surface area (Å²) >= 11 is 0. The summed E-state index contributed by atoms with van der Waals surface area (Å²) < 4.78 is 10.2. The molecular formula is C10H18ClNO3. The molecule has 1 atom stereocenters. The van der Waals surface area contributed by atoms with E-state index in [9.17, 15) is 5.11 Å². The fraction of sp³-hybridized carbons (Fsp3) is 0.600. The summed E-state index contributed by atoms with van der Waals surface area (Å²) in [6, 6.07) is 1.74. The minimum atomic E-state index is -0.587. The molecule has 1 heterocycles. The van der Waals surface area contributed by atoms with E-state index in [1.54, 1.807) is 12.3 Å². The van der Waals surface area contributed by atoms with Gasteiger partial charge in [-0.25, -0.2) is 0 Å². The lowest BCUT2D eigenvalue weighted by Crippen LogP contribution is -2.19. The third kappa shape index (κ3) is 5.79. The third-order valence-electron chi connectivity index (χ3n) is 1.89. The highest BCUT2D eigenvalue weighted by Crippen LogP contribution is 2.12. The van der Waals surface area contributed by atoms with Crippen molar-refractivity contribution in [3.63, 3.8) is 0 Å². The zero-order valence-corrected chi connectivity index (χ0v) is 9.87. The number of likely N-dealkylation sites (N-methyl/N-ethyl adjacent to an activating group) is 1. The maximum Gasteiger partial charge on any atom is 0.105 e. The van der Waals surface area contributed by atoms with Gasteiger partial charge in [0, 0.05) is 12.1 Å². The van der Waals surface area contributed by atoms with Crippen LogP contribution in [0, 0.1) is 0 Å². The number of aliphatic hydroxyl groups is 1. The number of hydrogen-bond donors (Lipinski definition) is 1. The van der Waals surface area contributed by atoms with Crippen LogP contribution in [0.15, 0.2) is 23.0 Å². The average molecular weight is 236 g/mol. The predicted octanol–water partition coefficient (Wildman–Crippen LogP) is 1.31. The standard InChI is InChI=1S/C10H17NO3.ClH/c1-11(2)4-6-14-8-10(12)9-3-5-13-7-9;/h3,5,7,10,12H,4,6,8H2,1-2H3;1H. The largest absolute Gasteiger partial charge is 0.472 e. The van der Waals surface area contributed by atoms with Crippen molar-refractivity contribution in [1.82, 2.24) is 4.90 Å².